The summed E-state index contributed by atoms with van der Waals surface area (Å²) >= 11 is 5.85. The van der Waals surface area contributed by atoms with Crippen molar-refractivity contribution in [3.8, 4) is 5.75 Å². The quantitative estimate of drug-likeness (QED) is 0.720. The average molecular weight is 353 g/mol. The van der Waals surface area contributed by atoms with E-state index in [1.54, 1.807) is 0 Å². The fourth-order valence-corrected chi connectivity index (χ4v) is 2.86. The number of hydrogen-bond donors (Lipinski definition) is 0. The Morgan fingerprint density at radius 1 is 1.12 bits per heavy atom. The minimum Gasteiger partial charge on any atom is -0.492 e. The summed E-state index contributed by atoms with van der Waals surface area (Å²) in [6, 6.07) is 7.40. The molecule has 24 heavy (non-hydrogen) atoms. The number of ether oxygens (including phenoxy) is 2. The summed E-state index contributed by atoms with van der Waals surface area (Å²) in [5.41, 5.74) is 0. The Balaban J connectivity index is 1.28. The maximum Gasteiger partial charge on any atom is 0.248 e. The molecule has 3 rings (SSSR count). The van der Waals surface area contributed by atoms with Gasteiger partial charge in [-0.25, -0.2) is 0 Å². The summed E-state index contributed by atoms with van der Waals surface area (Å²) in [5, 5.41) is 0.712. The third kappa shape index (κ3) is 5.65. The smallest absolute Gasteiger partial charge is 0.248 e. The van der Waals surface area contributed by atoms with Crippen LogP contribution in [0.5, 0.6) is 5.75 Å². The lowest BCUT2D eigenvalue weighted by Crippen LogP contribution is -2.50. The molecule has 1 aromatic carbocycles. The third-order valence-corrected chi connectivity index (χ3v) is 4.74. The van der Waals surface area contributed by atoms with Crippen molar-refractivity contribution in [2.45, 2.75) is 12.8 Å². The summed E-state index contributed by atoms with van der Waals surface area (Å²) in [4.78, 5) is 16.3. The van der Waals surface area contributed by atoms with Gasteiger partial charge in [0.2, 0.25) is 5.91 Å². The van der Waals surface area contributed by atoms with Crippen molar-refractivity contribution in [1.29, 1.82) is 0 Å². The Kier molecular flexibility index (Phi) is 6.35. The molecule has 1 amide bonds. The van der Waals surface area contributed by atoms with Gasteiger partial charge in [-0.05, 0) is 43.0 Å². The van der Waals surface area contributed by atoms with Crippen molar-refractivity contribution in [2.24, 2.45) is 5.92 Å². The van der Waals surface area contributed by atoms with Crippen molar-refractivity contribution < 1.29 is 14.3 Å². The number of amides is 1. The normalized spacial score (nSPS) is 18.6. The second-order valence-electron chi connectivity index (χ2n) is 6.48. The maximum atomic E-state index is 12.1. The molecule has 1 heterocycles. The number of benzene rings is 1. The molecule has 1 saturated carbocycles. The van der Waals surface area contributed by atoms with Gasteiger partial charge in [-0.3, -0.25) is 9.69 Å². The van der Waals surface area contributed by atoms with Crippen LogP contribution in [0.1, 0.15) is 12.8 Å². The predicted octanol–water partition coefficient (Wildman–Crippen LogP) is 2.29. The largest absolute Gasteiger partial charge is 0.492 e. The van der Waals surface area contributed by atoms with E-state index in [0.717, 1.165) is 45.1 Å². The first-order chi connectivity index (χ1) is 11.7. The Labute approximate surface area is 148 Å². The third-order valence-electron chi connectivity index (χ3n) is 4.49. The van der Waals surface area contributed by atoms with Crippen molar-refractivity contribution in [2.75, 3.05) is 52.5 Å². The number of nitrogens with zero attached hydrogens (tertiary/aromatic N) is 2. The van der Waals surface area contributed by atoms with Crippen molar-refractivity contribution in [3.05, 3.63) is 29.3 Å². The van der Waals surface area contributed by atoms with Crippen LogP contribution in [-0.2, 0) is 9.53 Å². The first-order valence-electron chi connectivity index (χ1n) is 8.67. The van der Waals surface area contributed by atoms with Gasteiger partial charge >= 0.3 is 0 Å². The molecule has 5 nitrogen and oxygen atoms in total. The monoisotopic (exact) mass is 352 g/mol. The number of halogens is 1. The molecule has 2 fully saturated rings. The summed E-state index contributed by atoms with van der Waals surface area (Å²) < 4.78 is 11.2. The van der Waals surface area contributed by atoms with Crippen LogP contribution in [0.15, 0.2) is 24.3 Å². The first kappa shape index (κ1) is 17.5. The lowest BCUT2D eigenvalue weighted by molar-refractivity contribution is -0.138. The van der Waals surface area contributed by atoms with Crippen molar-refractivity contribution in [3.63, 3.8) is 0 Å². The van der Waals surface area contributed by atoms with Crippen LogP contribution in [-0.4, -0.2) is 68.3 Å². The van der Waals surface area contributed by atoms with Crippen LogP contribution in [0.2, 0.25) is 5.02 Å². The Bertz CT molecular complexity index is 526. The lowest BCUT2D eigenvalue weighted by Gasteiger charge is -2.34. The summed E-state index contributed by atoms with van der Waals surface area (Å²) in [5.74, 6) is 1.66. The van der Waals surface area contributed by atoms with E-state index >= 15 is 0 Å². The van der Waals surface area contributed by atoms with E-state index in [-0.39, 0.29) is 12.5 Å². The van der Waals surface area contributed by atoms with Crippen LogP contribution in [0.3, 0.4) is 0 Å². The molecule has 1 saturated heterocycles. The van der Waals surface area contributed by atoms with E-state index in [4.69, 9.17) is 21.1 Å². The fourth-order valence-electron chi connectivity index (χ4n) is 2.73. The highest BCUT2D eigenvalue weighted by molar-refractivity contribution is 6.30. The van der Waals surface area contributed by atoms with Gasteiger partial charge < -0.3 is 14.4 Å². The lowest BCUT2D eigenvalue weighted by atomic mass is 10.3. The number of hydrogen-bond acceptors (Lipinski definition) is 4. The van der Waals surface area contributed by atoms with Crippen molar-refractivity contribution >= 4 is 17.5 Å². The highest BCUT2D eigenvalue weighted by atomic mass is 35.5. The molecule has 0 unspecified atom stereocenters. The molecule has 6 heteroatoms. The number of carbonyl (C=O) groups is 1. The zero-order valence-electron chi connectivity index (χ0n) is 14.0. The molecule has 132 valence electrons. The van der Waals surface area contributed by atoms with E-state index < -0.39 is 0 Å². The Morgan fingerprint density at radius 3 is 2.50 bits per heavy atom. The summed E-state index contributed by atoms with van der Waals surface area (Å²) in [6.45, 7) is 5.79. The van der Waals surface area contributed by atoms with E-state index in [0.29, 0.717) is 17.5 Å². The molecule has 0 N–H and O–H groups in total. The second-order valence-corrected chi connectivity index (χ2v) is 6.92. The van der Waals surface area contributed by atoms with Gasteiger partial charge in [-0.1, -0.05) is 11.6 Å². The SMILES string of the molecule is O=C(COCC1CC1)N1CCN(CCOc2ccc(Cl)cc2)CC1. The second kappa shape index (κ2) is 8.70. The van der Waals surface area contributed by atoms with E-state index in [1.807, 2.05) is 29.2 Å². The van der Waals surface area contributed by atoms with Crippen LogP contribution < -0.4 is 4.74 Å². The number of piperazine rings is 1. The van der Waals surface area contributed by atoms with Crippen LogP contribution >= 0.6 is 11.6 Å². The van der Waals surface area contributed by atoms with Gasteiger partial charge in [-0.2, -0.15) is 0 Å². The standard InChI is InChI=1S/C18H25ClN2O3/c19-16-3-5-17(6-4-16)24-12-11-20-7-9-21(10-8-20)18(22)14-23-13-15-1-2-15/h3-6,15H,1-2,7-14H2. The fraction of sp³-hybridized carbons (Fsp3) is 0.611. The summed E-state index contributed by atoms with van der Waals surface area (Å²) in [6.07, 6.45) is 2.51. The van der Waals surface area contributed by atoms with Gasteiger partial charge in [0, 0.05) is 37.7 Å². The number of carbonyl (C=O) groups excluding carboxylic acids is 1. The van der Waals surface area contributed by atoms with Crippen LogP contribution in [0.25, 0.3) is 0 Å². The highest BCUT2D eigenvalue weighted by Gasteiger charge is 2.24. The van der Waals surface area contributed by atoms with E-state index in [9.17, 15) is 4.79 Å². The molecule has 0 aromatic heterocycles. The van der Waals surface area contributed by atoms with Gasteiger partial charge in [0.05, 0.1) is 6.61 Å². The van der Waals surface area contributed by atoms with E-state index in [2.05, 4.69) is 4.90 Å². The van der Waals surface area contributed by atoms with Gasteiger partial charge in [0.25, 0.3) is 0 Å². The molecule has 1 aliphatic carbocycles. The number of rotatable bonds is 8. The van der Waals surface area contributed by atoms with Crippen molar-refractivity contribution in [1.82, 2.24) is 9.80 Å². The maximum absolute atomic E-state index is 12.1. The first-order valence-corrected chi connectivity index (χ1v) is 9.05. The molecule has 1 aromatic rings. The van der Waals surface area contributed by atoms with Gasteiger partial charge in [-0.15, -0.1) is 0 Å². The molecule has 0 spiro atoms. The molecule has 1 aliphatic heterocycles. The predicted molar refractivity (Wildman–Crippen MR) is 93.5 cm³/mol. The summed E-state index contributed by atoms with van der Waals surface area (Å²) in [7, 11) is 0. The minimum absolute atomic E-state index is 0.118. The molecule has 0 atom stereocenters. The topological polar surface area (TPSA) is 42.0 Å². The minimum atomic E-state index is 0.118. The molecule has 2 aliphatic rings. The van der Waals surface area contributed by atoms with E-state index in [1.165, 1.54) is 12.8 Å². The Hall–Kier alpha value is -1.30. The molecular weight excluding hydrogens is 328 g/mol. The van der Waals surface area contributed by atoms with Crippen LogP contribution in [0, 0.1) is 5.92 Å². The zero-order valence-corrected chi connectivity index (χ0v) is 14.7. The average Bonchev–Trinajstić information content (AvgIpc) is 3.41. The van der Waals surface area contributed by atoms with Gasteiger partial charge in [0.1, 0.15) is 19.0 Å². The zero-order chi connectivity index (χ0) is 16.8. The van der Waals surface area contributed by atoms with Gasteiger partial charge in [0.15, 0.2) is 0 Å². The molecular formula is C18H25ClN2O3. The Morgan fingerprint density at radius 2 is 1.83 bits per heavy atom. The molecule has 0 radical (unpaired) electrons. The highest BCUT2D eigenvalue weighted by Crippen LogP contribution is 2.28. The van der Waals surface area contributed by atoms with Crippen LogP contribution in [0.4, 0.5) is 0 Å². The molecule has 0 bridgehead atoms.